The number of ether oxygens (including phenoxy) is 2. The van der Waals surface area contributed by atoms with E-state index in [1.807, 2.05) is 19.2 Å². The number of benzene rings is 1. The Hall–Kier alpha value is -4.58. The van der Waals surface area contributed by atoms with Gasteiger partial charge < -0.3 is 35.4 Å². The average molecular weight is 549 g/mol. The molecule has 0 aliphatic carbocycles. The Balaban J connectivity index is 1.48. The van der Waals surface area contributed by atoms with Crippen LogP contribution < -0.4 is 31.0 Å². The van der Waals surface area contributed by atoms with Gasteiger partial charge >= 0.3 is 5.97 Å². The van der Waals surface area contributed by atoms with Gasteiger partial charge in [-0.1, -0.05) is 0 Å². The van der Waals surface area contributed by atoms with Crippen molar-refractivity contribution in [1.29, 1.82) is 0 Å². The van der Waals surface area contributed by atoms with Gasteiger partial charge in [-0.3, -0.25) is 14.2 Å². The standard InChI is InChI=1S/C28H32N6O6/c1-16-11-21(26(36)34-24(16)25(35)32-28(34)7-9-33(2)10-8-28)31-20-13-23(30-15-19(20)27(37)38)29-14-17-5-6-18(39-3)12-22(17)40-4/h5-6,11-13,15H,7-10,14H2,1-4H3,(H,32,35)(H,37,38)(H2,29,30,31). The summed E-state index contributed by atoms with van der Waals surface area (Å²) in [4.78, 5) is 45.2. The molecule has 2 aromatic heterocycles. The van der Waals surface area contributed by atoms with Gasteiger partial charge in [0.1, 0.15) is 39.9 Å². The fourth-order valence-electron chi connectivity index (χ4n) is 5.34. The Kier molecular flexibility index (Phi) is 7.11. The van der Waals surface area contributed by atoms with Gasteiger partial charge in [0.15, 0.2) is 0 Å². The van der Waals surface area contributed by atoms with Gasteiger partial charge in [-0.25, -0.2) is 9.78 Å². The van der Waals surface area contributed by atoms with E-state index < -0.39 is 17.2 Å². The molecule has 0 unspecified atom stereocenters. The number of hydrogen-bond acceptors (Lipinski definition) is 9. The van der Waals surface area contributed by atoms with Gasteiger partial charge in [-0.15, -0.1) is 0 Å². The summed E-state index contributed by atoms with van der Waals surface area (Å²) in [5, 5.41) is 19.1. The lowest BCUT2D eigenvalue weighted by Crippen LogP contribution is -2.53. The van der Waals surface area contributed by atoms with E-state index in [1.54, 1.807) is 43.9 Å². The van der Waals surface area contributed by atoms with Crippen molar-refractivity contribution < 1.29 is 24.2 Å². The number of rotatable bonds is 8. The normalized spacial score (nSPS) is 15.8. The predicted molar refractivity (Wildman–Crippen MR) is 149 cm³/mol. The molecule has 5 rings (SSSR count). The molecule has 2 aliphatic heterocycles. The van der Waals surface area contributed by atoms with E-state index in [0.717, 1.165) is 18.7 Å². The van der Waals surface area contributed by atoms with Gasteiger partial charge in [-0.2, -0.15) is 0 Å². The molecule has 1 fully saturated rings. The van der Waals surface area contributed by atoms with Gasteiger partial charge in [-0.05, 0) is 37.7 Å². The maximum Gasteiger partial charge on any atom is 0.339 e. The van der Waals surface area contributed by atoms with Gasteiger partial charge in [0.2, 0.25) is 0 Å². The van der Waals surface area contributed by atoms with Crippen LogP contribution in [-0.4, -0.2) is 65.8 Å². The Morgan fingerprint density at radius 2 is 1.88 bits per heavy atom. The van der Waals surface area contributed by atoms with E-state index in [2.05, 4.69) is 25.8 Å². The third-order valence-corrected chi connectivity index (χ3v) is 7.55. The van der Waals surface area contributed by atoms with Crippen molar-refractivity contribution in [3.63, 3.8) is 0 Å². The first-order chi connectivity index (χ1) is 19.2. The number of carbonyl (C=O) groups excluding carboxylic acids is 1. The molecule has 1 aromatic carbocycles. The number of fused-ring (bicyclic) bond motifs is 2. The monoisotopic (exact) mass is 548 g/mol. The van der Waals surface area contributed by atoms with E-state index in [1.165, 1.54) is 6.20 Å². The molecule has 2 aliphatic rings. The number of carboxylic acid groups (broad SMARTS) is 1. The zero-order chi connectivity index (χ0) is 28.6. The van der Waals surface area contributed by atoms with Crippen molar-refractivity contribution in [3.05, 3.63) is 69.3 Å². The number of piperidine rings is 1. The van der Waals surface area contributed by atoms with Crippen molar-refractivity contribution in [1.82, 2.24) is 19.8 Å². The van der Waals surface area contributed by atoms with Crippen LogP contribution in [0.2, 0.25) is 0 Å². The average Bonchev–Trinajstić information content (AvgIpc) is 3.23. The Morgan fingerprint density at radius 3 is 2.55 bits per heavy atom. The highest BCUT2D eigenvalue weighted by Gasteiger charge is 2.46. The number of amides is 1. The lowest BCUT2D eigenvalue weighted by molar-refractivity contribution is 0.0696. The number of methoxy groups -OCH3 is 2. The predicted octanol–water partition coefficient (Wildman–Crippen LogP) is 2.74. The molecule has 0 radical (unpaired) electrons. The zero-order valence-corrected chi connectivity index (χ0v) is 22.8. The molecule has 3 aromatic rings. The molecule has 12 nitrogen and oxygen atoms in total. The second-order valence-electron chi connectivity index (χ2n) is 10.1. The molecule has 4 heterocycles. The van der Waals surface area contributed by atoms with Crippen molar-refractivity contribution in [3.8, 4) is 11.5 Å². The molecule has 4 N–H and O–H groups in total. The molecule has 1 saturated heterocycles. The van der Waals surface area contributed by atoms with Crippen LogP contribution in [0.25, 0.3) is 0 Å². The Bertz CT molecular complexity index is 1540. The first-order valence-corrected chi connectivity index (χ1v) is 12.9. The number of anilines is 3. The molecular weight excluding hydrogens is 516 g/mol. The van der Waals surface area contributed by atoms with Crippen LogP contribution in [0.1, 0.15) is 44.8 Å². The van der Waals surface area contributed by atoms with Crippen LogP contribution >= 0.6 is 0 Å². The molecule has 1 spiro atoms. The molecule has 210 valence electrons. The van der Waals surface area contributed by atoms with E-state index in [-0.39, 0.29) is 22.8 Å². The summed E-state index contributed by atoms with van der Waals surface area (Å²) in [6, 6.07) is 8.57. The van der Waals surface area contributed by atoms with Crippen molar-refractivity contribution in [2.75, 3.05) is 45.0 Å². The maximum absolute atomic E-state index is 13.8. The number of aryl methyl sites for hydroxylation is 1. The molecule has 0 saturated carbocycles. The topological polar surface area (TPSA) is 147 Å². The van der Waals surface area contributed by atoms with Crippen LogP contribution in [0.15, 0.2) is 41.3 Å². The second-order valence-corrected chi connectivity index (χ2v) is 10.1. The van der Waals surface area contributed by atoms with Crippen LogP contribution in [0.5, 0.6) is 11.5 Å². The number of carbonyl (C=O) groups is 2. The highest BCUT2D eigenvalue weighted by molar-refractivity contribution is 5.98. The molecule has 0 bridgehead atoms. The van der Waals surface area contributed by atoms with Crippen LogP contribution in [0, 0.1) is 6.92 Å². The number of likely N-dealkylation sites (tertiary alicyclic amines) is 1. The van der Waals surface area contributed by atoms with Crippen LogP contribution in [-0.2, 0) is 12.2 Å². The van der Waals surface area contributed by atoms with Crippen LogP contribution in [0.4, 0.5) is 17.2 Å². The number of hydrogen-bond donors (Lipinski definition) is 4. The van der Waals surface area contributed by atoms with Gasteiger partial charge in [0, 0.05) is 56.4 Å². The minimum atomic E-state index is -1.19. The largest absolute Gasteiger partial charge is 0.497 e. The Morgan fingerprint density at radius 1 is 1.12 bits per heavy atom. The summed E-state index contributed by atoms with van der Waals surface area (Å²) in [5.74, 6) is 0.208. The summed E-state index contributed by atoms with van der Waals surface area (Å²) in [5.41, 5.74) is 0.861. The summed E-state index contributed by atoms with van der Waals surface area (Å²) < 4.78 is 12.3. The lowest BCUT2D eigenvalue weighted by atomic mass is 9.97. The second kappa shape index (κ2) is 10.5. The summed E-state index contributed by atoms with van der Waals surface area (Å²) in [7, 11) is 5.14. The SMILES string of the molecule is COc1ccc(CNc2cc(Nc3cc(C)c4n(c3=O)C3(CCN(C)CC3)NC4=O)c(C(=O)O)cn2)c(OC)c1. The third kappa shape index (κ3) is 4.81. The quantitative estimate of drug-likeness (QED) is 0.331. The smallest absolute Gasteiger partial charge is 0.339 e. The summed E-state index contributed by atoms with van der Waals surface area (Å²) in [6.07, 6.45) is 2.41. The number of carboxylic acids is 1. The molecular formula is C28H32N6O6. The highest BCUT2D eigenvalue weighted by atomic mass is 16.5. The molecule has 0 atom stereocenters. The Labute approximate surface area is 230 Å². The minimum Gasteiger partial charge on any atom is -0.497 e. The molecule has 40 heavy (non-hydrogen) atoms. The number of nitrogens with one attached hydrogen (secondary N) is 3. The van der Waals surface area contributed by atoms with Crippen molar-refractivity contribution in [2.45, 2.75) is 32.0 Å². The fraction of sp³-hybridized carbons (Fsp3) is 0.357. The van der Waals surface area contributed by atoms with E-state index >= 15 is 0 Å². The van der Waals surface area contributed by atoms with Gasteiger partial charge in [0.05, 0.1) is 19.9 Å². The van der Waals surface area contributed by atoms with E-state index in [9.17, 15) is 19.5 Å². The maximum atomic E-state index is 13.8. The number of aromatic carboxylic acids is 1. The van der Waals surface area contributed by atoms with Gasteiger partial charge in [0.25, 0.3) is 11.5 Å². The minimum absolute atomic E-state index is 0.0988. The summed E-state index contributed by atoms with van der Waals surface area (Å²) in [6.45, 7) is 3.57. The highest BCUT2D eigenvalue weighted by Crippen LogP contribution is 2.34. The van der Waals surface area contributed by atoms with Crippen LogP contribution in [0.3, 0.4) is 0 Å². The lowest BCUT2D eigenvalue weighted by Gasteiger charge is -2.39. The fourth-order valence-corrected chi connectivity index (χ4v) is 5.34. The van der Waals surface area contributed by atoms with Crippen molar-refractivity contribution >= 4 is 29.1 Å². The molecule has 12 heteroatoms. The van der Waals surface area contributed by atoms with E-state index in [4.69, 9.17) is 9.47 Å². The first kappa shape index (κ1) is 27.0. The number of aromatic nitrogens is 2. The summed E-state index contributed by atoms with van der Waals surface area (Å²) >= 11 is 0. The number of nitrogens with zero attached hydrogens (tertiary/aromatic N) is 3. The zero-order valence-electron chi connectivity index (χ0n) is 22.8. The molecule has 1 amide bonds. The first-order valence-electron chi connectivity index (χ1n) is 12.9. The number of pyridine rings is 2. The van der Waals surface area contributed by atoms with Crippen molar-refractivity contribution in [2.24, 2.45) is 0 Å². The third-order valence-electron chi connectivity index (χ3n) is 7.55. The van der Waals surface area contributed by atoms with E-state index in [0.29, 0.717) is 48.0 Å².